The minimum absolute atomic E-state index is 0.108. The summed E-state index contributed by atoms with van der Waals surface area (Å²) in [6.45, 7) is 8.06. The number of nitrogens with zero attached hydrogens (tertiary/aromatic N) is 1. The topological polar surface area (TPSA) is 29.5 Å². The lowest BCUT2D eigenvalue weighted by Gasteiger charge is -2.44. The fraction of sp³-hybridized carbons (Fsp3) is 1.00. The van der Waals surface area contributed by atoms with E-state index in [9.17, 15) is 0 Å². The summed E-state index contributed by atoms with van der Waals surface area (Å²) in [5.74, 6) is 0. The van der Waals surface area contributed by atoms with Crippen molar-refractivity contribution in [3.05, 3.63) is 0 Å². The maximum Gasteiger partial charge on any atom is 0.210 e. The van der Waals surface area contributed by atoms with Gasteiger partial charge in [-0.15, -0.1) is 0 Å². The van der Waals surface area contributed by atoms with Gasteiger partial charge in [0.25, 0.3) is 0 Å². The Morgan fingerprint density at radius 3 is 2.00 bits per heavy atom. The highest BCUT2D eigenvalue weighted by atomic mass is 16.7. The molecule has 0 atom stereocenters. The molecule has 0 spiro atoms. The van der Waals surface area contributed by atoms with Crippen molar-refractivity contribution in [1.82, 2.24) is 0 Å². The van der Waals surface area contributed by atoms with Gasteiger partial charge in [0.15, 0.2) is 0 Å². The van der Waals surface area contributed by atoms with E-state index in [-0.39, 0.29) is 12.3 Å². The molecule has 66 valence electrons. The Bertz CT molecular complexity index is 130. The molecule has 0 bridgehead atoms. The lowest BCUT2D eigenvalue weighted by molar-refractivity contribution is -1.15. The number of hydrogen-bond acceptors (Lipinski definition) is 2. The fourth-order valence-electron chi connectivity index (χ4n) is 1.35. The normalized spacial score (nSPS) is 22.9. The first-order chi connectivity index (χ1) is 4.97. The molecule has 11 heavy (non-hydrogen) atoms. The van der Waals surface area contributed by atoms with Crippen molar-refractivity contribution in [3.8, 4) is 0 Å². The number of aliphatic hydroxyl groups is 1. The fourth-order valence-corrected chi connectivity index (χ4v) is 1.35. The highest BCUT2D eigenvalue weighted by Crippen LogP contribution is 2.25. The van der Waals surface area contributed by atoms with E-state index in [1.165, 1.54) is 0 Å². The van der Waals surface area contributed by atoms with Crippen LogP contribution in [0.1, 0.15) is 27.2 Å². The molecule has 3 heteroatoms. The van der Waals surface area contributed by atoms with Gasteiger partial charge in [0, 0.05) is 0 Å². The largest absolute Gasteiger partial charge is 0.345 e. The highest BCUT2D eigenvalue weighted by molar-refractivity contribution is 4.57. The SMILES string of the molecule is CC(C)(C)O[N+]1(CO)CCC1. The van der Waals surface area contributed by atoms with Crippen LogP contribution in [0.3, 0.4) is 0 Å². The Kier molecular flexibility index (Phi) is 2.23. The van der Waals surface area contributed by atoms with Crippen LogP contribution in [0.5, 0.6) is 0 Å². The van der Waals surface area contributed by atoms with Crippen molar-refractivity contribution >= 4 is 0 Å². The molecule has 1 N–H and O–H groups in total. The summed E-state index contributed by atoms with van der Waals surface area (Å²) in [5, 5.41) is 9.05. The molecule has 0 aromatic rings. The third-order valence-corrected chi connectivity index (χ3v) is 1.86. The van der Waals surface area contributed by atoms with Crippen molar-refractivity contribution in [3.63, 3.8) is 0 Å². The predicted molar refractivity (Wildman–Crippen MR) is 42.5 cm³/mol. The number of hydroxylamine groups is 3. The van der Waals surface area contributed by atoms with Crippen LogP contribution in [0.25, 0.3) is 0 Å². The molecule has 1 saturated heterocycles. The molecule has 0 unspecified atom stereocenters. The second-order valence-corrected chi connectivity index (χ2v) is 4.20. The van der Waals surface area contributed by atoms with E-state index >= 15 is 0 Å². The van der Waals surface area contributed by atoms with Crippen LogP contribution in [0.4, 0.5) is 0 Å². The van der Waals surface area contributed by atoms with Crippen LogP contribution in [0, 0.1) is 0 Å². The zero-order chi connectivity index (χ0) is 8.54. The van der Waals surface area contributed by atoms with Gasteiger partial charge in [-0.25, -0.2) is 0 Å². The summed E-state index contributed by atoms with van der Waals surface area (Å²) in [5.41, 5.74) is -0.150. The molecule has 1 rings (SSSR count). The Balaban J connectivity index is 2.45. The standard InChI is InChI=1S/C8H18NO2/c1-8(2,3)11-9(7-10)5-4-6-9/h10H,4-7H2,1-3H3/q+1. The van der Waals surface area contributed by atoms with E-state index < -0.39 is 0 Å². The van der Waals surface area contributed by atoms with Gasteiger partial charge in [-0.3, -0.25) is 0 Å². The molecule has 0 aromatic carbocycles. The van der Waals surface area contributed by atoms with Gasteiger partial charge < -0.3 is 5.11 Å². The van der Waals surface area contributed by atoms with E-state index in [2.05, 4.69) is 0 Å². The zero-order valence-electron chi connectivity index (χ0n) is 7.63. The summed E-state index contributed by atoms with van der Waals surface area (Å²) in [6, 6.07) is 0. The first-order valence-corrected chi connectivity index (χ1v) is 4.15. The lowest BCUT2D eigenvalue weighted by atomic mass is 10.2. The Labute approximate surface area is 68.1 Å². The van der Waals surface area contributed by atoms with Crippen molar-refractivity contribution < 1.29 is 14.6 Å². The van der Waals surface area contributed by atoms with Gasteiger partial charge in [-0.1, -0.05) is 0 Å². The minimum atomic E-state index is -0.150. The van der Waals surface area contributed by atoms with Gasteiger partial charge >= 0.3 is 0 Å². The van der Waals surface area contributed by atoms with Gasteiger partial charge in [0.05, 0.1) is 6.42 Å². The van der Waals surface area contributed by atoms with Gasteiger partial charge in [-0.2, -0.15) is 9.48 Å². The van der Waals surface area contributed by atoms with E-state index in [0.29, 0.717) is 4.65 Å². The van der Waals surface area contributed by atoms with E-state index in [4.69, 9.17) is 9.94 Å². The van der Waals surface area contributed by atoms with E-state index in [1.54, 1.807) is 0 Å². The summed E-state index contributed by atoms with van der Waals surface area (Å²) in [6.07, 6.45) is 1.16. The molecular weight excluding hydrogens is 142 g/mol. The molecular formula is C8H18NO2+. The van der Waals surface area contributed by atoms with Crippen molar-refractivity contribution in [2.75, 3.05) is 19.8 Å². The lowest BCUT2D eigenvalue weighted by Crippen LogP contribution is -2.60. The maximum atomic E-state index is 9.05. The monoisotopic (exact) mass is 160 g/mol. The van der Waals surface area contributed by atoms with Gasteiger partial charge in [0.2, 0.25) is 6.73 Å². The number of likely N-dealkylation sites (tertiary alicyclic amines) is 1. The second kappa shape index (κ2) is 2.73. The van der Waals surface area contributed by atoms with Crippen molar-refractivity contribution in [2.24, 2.45) is 0 Å². The number of aliphatic hydroxyl groups excluding tert-OH is 1. The Morgan fingerprint density at radius 1 is 1.36 bits per heavy atom. The van der Waals surface area contributed by atoms with Crippen molar-refractivity contribution in [2.45, 2.75) is 32.8 Å². The molecule has 0 amide bonds. The maximum absolute atomic E-state index is 9.05. The summed E-state index contributed by atoms with van der Waals surface area (Å²) in [7, 11) is 0. The average molecular weight is 160 g/mol. The molecule has 0 aliphatic carbocycles. The molecule has 1 heterocycles. The van der Waals surface area contributed by atoms with Crippen molar-refractivity contribution in [1.29, 1.82) is 0 Å². The smallest absolute Gasteiger partial charge is 0.210 e. The third-order valence-electron chi connectivity index (χ3n) is 1.86. The summed E-state index contributed by atoms with van der Waals surface area (Å²) >= 11 is 0. The van der Waals surface area contributed by atoms with Crippen LogP contribution in [-0.4, -0.2) is 35.2 Å². The Morgan fingerprint density at radius 2 is 1.91 bits per heavy atom. The first-order valence-electron chi connectivity index (χ1n) is 4.15. The molecule has 1 aliphatic heterocycles. The quantitative estimate of drug-likeness (QED) is 0.608. The molecule has 0 radical (unpaired) electrons. The zero-order valence-corrected chi connectivity index (χ0v) is 7.63. The third kappa shape index (κ3) is 2.15. The van der Waals surface area contributed by atoms with Crippen LogP contribution >= 0.6 is 0 Å². The molecule has 1 fully saturated rings. The average Bonchev–Trinajstić information content (AvgIpc) is 1.77. The summed E-state index contributed by atoms with van der Waals surface area (Å²) < 4.78 is 0.434. The molecule has 0 aromatic heterocycles. The highest BCUT2D eigenvalue weighted by Gasteiger charge is 2.41. The summed E-state index contributed by atoms with van der Waals surface area (Å²) in [4.78, 5) is 5.70. The number of hydrogen-bond donors (Lipinski definition) is 1. The molecule has 1 aliphatic rings. The number of quaternary nitrogens is 1. The van der Waals surface area contributed by atoms with Crippen LogP contribution < -0.4 is 0 Å². The minimum Gasteiger partial charge on any atom is -0.345 e. The van der Waals surface area contributed by atoms with E-state index in [0.717, 1.165) is 19.5 Å². The van der Waals surface area contributed by atoms with Gasteiger partial charge in [-0.05, 0) is 20.8 Å². The van der Waals surface area contributed by atoms with Crippen LogP contribution in [-0.2, 0) is 4.84 Å². The van der Waals surface area contributed by atoms with Crippen LogP contribution in [0.2, 0.25) is 0 Å². The van der Waals surface area contributed by atoms with E-state index in [1.807, 2.05) is 20.8 Å². The Hall–Kier alpha value is -0.120. The second-order valence-electron chi connectivity index (χ2n) is 4.20. The van der Waals surface area contributed by atoms with Crippen LogP contribution in [0.15, 0.2) is 0 Å². The first kappa shape index (κ1) is 8.97. The molecule has 3 nitrogen and oxygen atoms in total. The number of rotatable bonds is 2. The molecule has 0 saturated carbocycles. The van der Waals surface area contributed by atoms with Gasteiger partial charge in [0.1, 0.15) is 18.7 Å². The predicted octanol–water partition coefficient (Wildman–Crippen LogP) is 0.887.